The van der Waals surface area contributed by atoms with Crippen LogP contribution >= 0.6 is 0 Å². The molecule has 10 heteroatoms. The van der Waals surface area contributed by atoms with E-state index < -0.39 is 28.8 Å². The Hall–Kier alpha value is -2.82. The number of aliphatic hydroxyl groups is 2. The number of hydrogen-bond acceptors (Lipinski definition) is 9. The van der Waals surface area contributed by atoms with E-state index >= 15 is 0 Å². The molecule has 2 saturated heterocycles. The van der Waals surface area contributed by atoms with Crippen molar-refractivity contribution in [3.8, 4) is 11.5 Å². The number of fused-ring (bicyclic) bond motifs is 3. The molecular formula is C34H48N2O8. The molecule has 2 N–H and O–H groups in total. The van der Waals surface area contributed by atoms with E-state index in [1.807, 2.05) is 19.1 Å². The van der Waals surface area contributed by atoms with Gasteiger partial charge in [0.2, 0.25) is 12.7 Å². The second kappa shape index (κ2) is 11.8. The molecule has 10 nitrogen and oxygen atoms in total. The van der Waals surface area contributed by atoms with Gasteiger partial charge in [-0.25, -0.2) is 4.79 Å². The molecule has 242 valence electrons. The molecule has 0 radical (unpaired) electrons. The van der Waals surface area contributed by atoms with E-state index in [1.54, 1.807) is 25.9 Å². The second-order valence-electron chi connectivity index (χ2n) is 14.1. The van der Waals surface area contributed by atoms with Crippen LogP contribution in [0.15, 0.2) is 24.0 Å². The number of piperidine rings is 1. The Bertz CT molecular complexity index is 1310. The van der Waals surface area contributed by atoms with Crippen molar-refractivity contribution in [1.29, 1.82) is 0 Å². The van der Waals surface area contributed by atoms with E-state index in [2.05, 4.69) is 11.0 Å². The van der Waals surface area contributed by atoms with Gasteiger partial charge in [-0.15, -0.1) is 0 Å². The van der Waals surface area contributed by atoms with Crippen molar-refractivity contribution in [2.45, 2.75) is 120 Å². The highest BCUT2D eigenvalue weighted by Crippen LogP contribution is 2.55. The maximum atomic E-state index is 14.2. The maximum absolute atomic E-state index is 14.2. The van der Waals surface area contributed by atoms with Crippen molar-refractivity contribution in [1.82, 2.24) is 9.80 Å². The number of esters is 1. The van der Waals surface area contributed by atoms with E-state index in [4.69, 9.17) is 18.9 Å². The van der Waals surface area contributed by atoms with Crippen molar-refractivity contribution in [2.75, 3.05) is 33.5 Å². The number of methoxy groups -OCH3 is 1. The number of carbonyl (C=O) groups is 2. The molecule has 1 spiro atoms. The highest BCUT2D eigenvalue weighted by Gasteiger charge is 2.59. The van der Waals surface area contributed by atoms with Crippen LogP contribution in [0.2, 0.25) is 0 Å². The van der Waals surface area contributed by atoms with Gasteiger partial charge in [0.05, 0.1) is 30.6 Å². The van der Waals surface area contributed by atoms with E-state index in [0.29, 0.717) is 30.9 Å². The number of likely N-dealkylation sites (tertiary alicyclic amines) is 1. The fraction of sp³-hybridized carbons (Fsp3) is 0.706. The lowest BCUT2D eigenvalue weighted by molar-refractivity contribution is -0.177. The van der Waals surface area contributed by atoms with Crippen LogP contribution in [0.25, 0.3) is 0 Å². The van der Waals surface area contributed by atoms with Crippen LogP contribution in [-0.2, 0) is 25.5 Å². The fourth-order valence-electron chi connectivity index (χ4n) is 8.22. The first-order valence-electron chi connectivity index (χ1n) is 16.3. The number of hydrogen-bond donors (Lipinski definition) is 2. The van der Waals surface area contributed by atoms with Gasteiger partial charge in [-0.05, 0) is 114 Å². The highest BCUT2D eigenvalue weighted by atomic mass is 16.7. The molecule has 0 aromatic heterocycles. The summed E-state index contributed by atoms with van der Waals surface area (Å²) in [5, 5.41) is 22.4. The monoisotopic (exact) mass is 612 g/mol. The predicted molar refractivity (Wildman–Crippen MR) is 162 cm³/mol. The second-order valence-corrected chi connectivity index (χ2v) is 14.1. The average Bonchev–Trinajstić information content (AvgIpc) is 3.66. The highest BCUT2D eigenvalue weighted by molar-refractivity contribution is 5.88. The molecule has 4 heterocycles. The average molecular weight is 613 g/mol. The molecule has 1 unspecified atom stereocenters. The molecule has 0 bridgehead atoms. The van der Waals surface area contributed by atoms with Gasteiger partial charge in [0.25, 0.3) is 0 Å². The summed E-state index contributed by atoms with van der Waals surface area (Å²) in [6.45, 7) is 7.96. The first kappa shape index (κ1) is 31.2. The smallest absolute Gasteiger partial charge is 0.339 e. The molecule has 5 atom stereocenters. The minimum atomic E-state index is -2.05. The van der Waals surface area contributed by atoms with Crippen LogP contribution in [-0.4, -0.2) is 94.3 Å². The lowest BCUT2D eigenvalue weighted by Crippen LogP contribution is -2.51. The Morgan fingerprint density at radius 2 is 1.84 bits per heavy atom. The van der Waals surface area contributed by atoms with Crippen LogP contribution in [0.5, 0.6) is 11.5 Å². The van der Waals surface area contributed by atoms with E-state index in [1.165, 1.54) is 0 Å². The third-order valence-corrected chi connectivity index (χ3v) is 10.5. The Morgan fingerprint density at radius 3 is 2.57 bits per heavy atom. The molecule has 1 aliphatic carbocycles. The van der Waals surface area contributed by atoms with Gasteiger partial charge in [0.15, 0.2) is 23.2 Å². The van der Waals surface area contributed by atoms with E-state index in [9.17, 15) is 19.8 Å². The molecule has 1 aromatic carbocycles. The first-order chi connectivity index (χ1) is 20.9. The van der Waals surface area contributed by atoms with E-state index in [0.717, 1.165) is 68.5 Å². The Balaban J connectivity index is 1.33. The zero-order valence-corrected chi connectivity index (χ0v) is 26.6. The Labute approximate surface area is 260 Å². The van der Waals surface area contributed by atoms with Crippen molar-refractivity contribution in [2.24, 2.45) is 0 Å². The predicted octanol–water partition coefficient (Wildman–Crippen LogP) is 3.81. The van der Waals surface area contributed by atoms with Gasteiger partial charge in [0, 0.05) is 19.1 Å². The quantitative estimate of drug-likeness (QED) is 0.402. The number of benzene rings is 1. The number of nitrogens with zero attached hydrogens (tertiary/aromatic N) is 2. The fourth-order valence-corrected chi connectivity index (χ4v) is 8.22. The minimum absolute atomic E-state index is 0.000255. The number of rotatable bonds is 9. The third-order valence-electron chi connectivity index (χ3n) is 10.5. The molecular weight excluding hydrogens is 564 g/mol. The molecule has 2 fully saturated rings. The summed E-state index contributed by atoms with van der Waals surface area (Å²) < 4.78 is 23.7. The molecule has 1 amide bonds. The van der Waals surface area contributed by atoms with Crippen LogP contribution in [0.4, 0.5) is 0 Å². The lowest BCUT2D eigenvalue weighted by Gasteiger charge is -2.40. The van der Waals surface area contributed by atoms with Crippen LogP contribution in [0.3, 0.4) is 0 Å². The lowest BCUT2D eigenvalue weighted by atomic mass is 9.77. The minimum Gasteiger partial charge on any atom is -0.497 e. The molecule has 6 rings (SSSR count). The summed E-state index contributed by atoms with van der Waals surface area (Å²) in [6.07, 6.45) is 7.25. The van der Waals surface area contributed by atoms with Gasteiger partial charge in [0.1, 0.15) is 5.76 Å². The Morgan fingerprint density at radius 1 is 1.07 bits per heavy atom. The van der Waals surface area contributed by atoms with E-state index in [-0.39, 0.29) is 37.5 Å². The van der Waals surface area contributed by atoms with Gasteiger partial charge < -0.3 is 34.1 Å². The number of ether oxygens (including phenoxy) is 4. The van der Waals surface area contributed by atoms with Crippen molar-refractivity contribution in [3.63, 3.8) is 0 Å². The largest absolute Gasteiger partial charge is 0.497 e. The molecule has 5 aliphatic rings. The maximum Gasteiger partial charge on any atom is 0.339 e. The van der Waals surface area contributed by atoms with Crippen LogP contribution < -0.4 is 9.47 Å². The Kier molecular flexibility index (Phi) is 8.39. The van der Waals surface area contributed by atoms with Gasteiger partial charge in [-0.2, -0.15) is 0 Å². The van der Waals surface area contributed by atoms with Crippen molar-refractivity contribution >= 4 is 11.9 Å². The summed E-state index contributed by atoms with van der Waals surface area (Å²) in [5.41, 5.74) is -1.28. The van der Waals surface area contributed by atoms with Crippen molar-refractivity contribution < 1.29 is 38.7 Å². The third kappa shape index (κ3) is 5.69. The zero-order chi connectivity index (χ0) is 31.3. The summed E-state index contributed by atoms with van der Waals surface area (Å²) in [6, 6.07) is 4.12. The summed E-state index contributed by atoms with van der Waals surface area (Å²) in [5.74, 6) is 0.584. The van der Waals surface area contributed by atoms with Gasteiger partial charge in [-0.3, -0.25) is 9.69 Å². The summed E-state index contributed by atoms with van der Waals surface area (Å²) in [4.78, 5) is 32.1. The van der Waals surface area contributed by atoms with Crippen LogP contribution in [0, 0.1) is 0 Å². The standard InChI is InChI=1S/C34H48N2O8/c1-22-9-5-6-15-36(22)28(37)20-34(40,13-7-11-32(2,3)39)31(38)44-30-27(41-4)19-33-12-8-14-35(33)16-10-23-17-25-26(43-21-42-25)18-24(23)29(30)33/h17-19,22,29-30,39-40H,5-16,20-21H2,1-4H3/t22?,29-,30-,33+,34-/m1/s1. The molecule has 0 saturated carbocycles. The van der Waals surface area contributed by atoms with Gasteiger partial charge >= 0.3 is 5.97 Å². The first-order valence-corrected chi connectivity index (χ1v) is 16.3. The summed E-state index contributed by atoms with van der Waals surface area (Å²) in [7, 11) is 1.59. The van der Waals surface area contributed by atoms with Gasteiger partial charge in [-0.1, -0.05) is 0 Å². The summed E-state index contributed by atoms with van der Waals surface area (Å²) >= 11 is 0. The zero-order valence-electron chi connectivity index (χ0n) is 26.6. The topological polar surface area (TPSA) is 118 Å². The normalized spacial score (nSPS) is 29.2. The van der Waals surface area contributed by atoms with Crippen molar-refractivity contribution in [3.05, 3.63) is 35.1 Å². The number of carbonyl (C=O) groups excluding carboxylic acids is 2. The molecule has 1 aromatic rings. The molecule has 44 heavy (non-hydrogen) atoms. The SMILES string of the molecule is COC1=C[C@]23CCCN2CCc2cc4c(cc2[C@@H]3[C@@H]1OC(=O)[C@@](O)(CCCC(C)(C)O)CC(=O)N1CCCCC1C)OCO4. The van der Waals surface area contributed by atoms with Crippen LogP contribution in [0.1, 0.15) is 95.6 Å². The number of amides is 1. The molecule has 4 aliphatic heterocycles.